The summed E-state index contributed by atoms with van der Waals surface area (Å²) in [6.45, 7) is 6.18. The average Bonchev–Trinajstić information content (AvgIpc) is 2.01. The van der Waals surface area contributed by atoms with E-state index in [0.29, 0.717) is 0 Å². The van der Waals surface area contributed by atoms with E-state index in [1.165, 1.54) is 5.57 Å². The SMILES string of the molecule is CC(C)=CCC[C@@](C)(Br)[C@@H](Cl)CO. The molecule has 0 aliphatic heterocycles. The quantitative estimate of drug-likeness (QED) is 0.598. The summed E-state index contributed by atoms with van der Waals surface area (Å²) in [5.74, 6) is 0. The summed E-state index contributed by atoms with van der Waals surface area (Å²) < 4.78 is -0.171. The van der Waals surface area contributed by atoms with E-state index < -0.39 is 0 Å². The zero-order chi connectivity index (χ0) is 10.5. The van der Waals surface area contributed by atoms with Crippen LogP contribution in [0.15, 0.2) is 11.6 Å². The molecule has 0 saturated heterocycles. The number of allylic oxidation sites excluding steroid dienone is 2. The molecule has 0 unspecified atom stereocenters. The van der Waals surface area contributed by atoms with Gasteiger partial charge in [-0.15, -0.1) is 11.6 Å². The lowest BCUT2D eigenvalue weighted by Crippen LogP contribution is -2.31. The Bertz CT molecular complexity index is 174. The predicted molar refractivity (Wildman–Crippen MR) is 62.7 cm³/mol. The van der Waals surface area contributed by atoms with Gasteiger partial charge in [0.25, 0.3) is 0 Å². The van der Waals surface area contributed by atoms with Crippen LogP contribution in [-0.2, 0) is 0 Å². The molecule has 0 heterocycles. The number of alkyl halides is 2. The fourth-order valence-corrected chi connectivity index (χ4v) is 1.47. The van der Waals surface area contributed by atoms with E-state index in [1.807, 2.05) is 6.92 Å². The normalized spacial score (nSPS) is 17.7. The minimum atomic E-state index is -0.224. The Morgan fingerprint density at radius 1 is 1.62 bits per heavy atom. The summed E-state index contributed by atoms with van der Waals surface area (Å²) in [7, 11) is 0. The van der Waals surface area contributed by atoms with Crippen LogP contribution in [0.4, 0.5) is 0 Å². The third kappa shape index (κ3) is 5.71. The molecule has 1 nitrogen and oxygen atoms in total. The summed E-state index contributed by atoms with van der Waals surface area (Å²) in [5, 5.41) is 8.68. The molecule has 2 atom stereocenters. The second-order valence-electron chi connectivity index (χ2n) is 3.75. The van der Waals surface area contributed by atoms with Gasteiger partial charge in [-0.05, 0) is 33.6 Å². The van der Waals surface area contributed by atoms with Crippen molar-refractivity contribution in [2.75, 3.05) is 6.61 Å². The molecule has 0 aliphatic rings. The largest absolute Gasteiger partial charge is 0.395 e. The maximum Gasteiger partial charge on any atom is 0.0717 e. The van der Waals surface area contributed by atoms with Gasteiger partial charge >= 0.3 is 0 Å². The minimum Gasteiger partial charge on any atom is -0.395 e. The van der Waals surface area contributed by atoms with Gasteiger partial charge < -0.3 is 5.11 Å². The third-order valence-electron chi connectivity index (χ3n) is 2.00. The van der Waals surface area contributed by atoms with Gasteiger partial charge in [-0.25, -0.2) is 0 Å². The van der Waals surface area contributed by atoms with Crippen LogP contribution < -0.4 is 0 Å². The zero-order valence-corrected chi connectivity index (χ0v) is 10.8. The Hall–Kier alpha value is 0.470. The highest BCUT2D eigenvalue weighted by Crippen LogP contribution is 2.31. The van der Waals surface area contributed by atoms with Crippen molar-refractivity contribution in [3.8, 4) is 0 Å². The number of aliphatic hydroxyl groups excluding tert-OH is 1. The second kappa shape index (κ2) is 6.05. The first-order valence-electron chi connectivity index (χ1n) is 4.47. The lowest BCUT2D eigenvalue weighted by molar-refractivity contribution is 0.274. The molecule has 78 valence electrons. The molecule has 1 N–H and O–H groups in total. The van der Waals surface area contributed by atoms with E-state index >= 15 is 0 Å². The van der Waals surface area contributed by atoms with Crippen molar-refractivity contribution in [1.82, 2.24) is 0 Å². The Morgan fingerprint density at radius 2 is 2.15 bits per heavy atom. The van der Waals surface area contributed by atoms with Crippen LogP contribution in [0.2, 0.25) is 0 Å². The zero-order valence-electron chi connectivity index (χ0n) is 8.48. The standard InChI is InChI=1S/C10H18BrClO/c1-8(2)5-4-6-10(3,11)9(12)7-13/h5,9,13H,4,6-7H2,1-3H3/t9-,10+/m0/s1. The van der Waals surface area contributed by atoms with E-state index in [9.17, 15) is 0 Å². The van der Waals surface area contributed by atoms with Crippen molar-refractivity contribution < 1.29 is 5.11 Å². The molecule has 0 amide bonds. The molecule has 0 saturated carbocycles. The van der Waals surface area contributed by atoms with Crippen molar-refractivity contribution in [2.45, 2.75) is 43.3 Å². The molecule has 0 fully saturated rings. The van der Waals surface area contributed by atoms with E-state index in [-0.39, 0.29) is 16.3 Å². The molecule has 0 aromatic rings. The van der Waals surface area contributed by atoms with Gasteiger partial charge in [-0.2, -0.15) is 0 Å². The molecule has 13 heavy (non-hydrogen) atoms. The monoisotopic (exact) mass is 268 g/mol. The van der Waals surface area contributed by atoms with Crippen LogP contribution in [0.25, 0.3) is 0 Å². The molecular weight excluding hydrogens is 251 g/mol. The van der Waals surface area contributed by atoms with Gasteiger partial charge in [0.05, 0.1) is 12.0 Å². The summed E-state index contributed by atoms with van der Waals surface area (Å²) >= 11 is 9.49. The van der Waals surface area contributed by atoms with Crippen molar-refractivity contribution in [3.05, 3.63) is 11.6 Å². The Balaban J connectivity index is 3.96. The molecule has 0 spiro atoms. The van der Waals surface area contributed by atoms with Crippen LogP contribution in [0, 0.1) is 0 Å². The average molecular weight is 270 g/mol. The molecule has 0 aromatic carbocycles. The highest BCUT2D eigenvalue weighted by atomic mass is 79.9. The number of halogens is 2. The van der Waals surface area contributed by atoms with Gasteiger partial charge in [0.1, 0.15) is 0 Å². The molecule has 0 rings (SSSR count). The van der Waals surface area contributed by atoms with Gasteiger partial charge in [0, 0.05) is 4.32 Å². The molecule has 0 radical (unpaired) electrons. The van der Waals surface area contributed by atoms with E-state index in [0.717, 1.165) is 12.8 Å². The summed E-state index contributed by atoms with van der Waals surface area (Å²) in [6, 6.07) is 0. The highest BCUT2D eigenvalue weighted by molar-refractivity contribution is 9.10. The van der Waals surface area contributed by atoms with Crippen LogP contribution in [0.1, 0.15) is 33.6 Å². The molecular formula is C10H18BrClO. The van der Waals surface area contributed by atoms with Gasteiger partial charge in [-0.1, -0.05) is 27.6 Å². The fourth-order valence-electron chi connectivity index (χ4n) is 0.990. The predicted octanol–water partition coefficient (Wildman–Crippen LogP) is 3.49. The van der Waals surface area contributed by atoms with Crippen LogP contribution >= 0.6 is 27.5 Å². The topological polar surface area (TPSA) is 20.2 Å². The number of hydrogen-bond acceptors (Lipinski definition) is 1. The summed E-state index contributed by atoms with van der Waals surface area (Å²) in [6.07, 6.45) is 4.11. The lowest BCUT2D eigenvalue weighted by atomic mass is 10.0. The van der Waals surface area contributed by atoms with Crippen LogP contribution in [0.3, 0.4) is 0 Å². The molecule has 3 heteroatoms. The second-order valence-corrected chi connectivity index (χ2v) is 6.09. The molecule has 0 bridgehead atoms. The van der Waals surface area contributed by atoms with Crippen molar-refractivity contribution >= 4 is 27.5 Å². The first-order chi connectivity index (χ1) is 5.90. The summed E-state index contributed by atoms with van der Waals surface area (Å²) in [4.78, 5) is 0. The van der Waals surface area contributed by atoms with Crippen molar-refractivity contribution in [1.29, 1.82) is 0 Å². The Kier molecular flexibility index (Phi) is 6.27. The van der Waals surface area contributed by atoms with E-state index in [1.54, 1.807) is 0 Å². The Morgan fingerprint density at radius 3 is 2.54 bits per heavy atom. The molecule has 0 aromatic heterocycles. The van der Waals surface area contributed by atoms with Crippen LogP contribution in [-0.4, -0.2) is 21.4 Å². The van der Waals surface area contributed by atoms with E-state index in [2.05, 4.69) is 35.9 Å². The maximum absolute atomic E-state index is 8.90. The summed E-state index contributed by atoms with van der Waals surface area (Å²) in [5.41, 5.74) is 1.32. The fraction of sp³-hybridized carbons (Fsp3) is 0.800. The van der Waals surface area contributed by atoms with Gasteiger partial charge in [-0.3, -0.25) is 0 Å². The van der Waals surface area contributed by atoms with Gasteiger partial charge in [0.15, 0.2) is 0 Å². The maximum atomic E-state index is 8.90. The molecule has 0 aliphatic carbocycles. The minimum absolute atomic E-state index is 0.0120. The number of hydrogen-bond donors (Lipinski definition) is 1. The number of aliphatic hydroxyl groups is 1. The van der Waals surface area contributed by atoms with Gasteiger partial charge in [0.2, 0.25) is 0 Å². The Labute approximate surface area is 94.3 Å². The van der Waals surface area contributed by atoms with Crippen LogP contribution in [0.5, 0.6) is 0 Å². The first-order valence-corrected chi connectivity index (χ1v) is 5.70. The van der Waals surface area contributed by atoms with Crippen molar-refractivity contribution in [2.24, 2.45) is 0 Å². The number of rotatable bonds is 5. The highest BCUT2D eigenvalue weighted by Gasteiger charge is 2.28. The van der Waals surface area contributed by atoms with E-state index in [4.69, 9.17) is 16.7 Å². The smallest absolute Gasteiger partial charge is 0.0717 e. The van der Waals surface area contributed by atoms with Crippen molar-refractivity contribution in [3.63, 3.8) is 0 Å². The lowest BCUT2D eigenvalue weighted by Gasteiger charge is -2.26. The third-order valence-corrected chi connectivity index (χ3v) is 3.83. The first kappa shape index (κ1) is 13.5.